The fourth-order valence-corrected chi connectivity index (χ4v) is 5.91. The molecule has 0 saturated carbocycles. The number of amides is 4. The van der Waals surface area contributed by atoms with Gasteiger partial charge >= 0.3 is 0 Å². The van der Waals surface area contributed by atoms with Gasteiger partial charge in [-0.1, -0.05) is 0 Å². The first-order valence-electron chi connectivity index (χ1n) is 13.0. The number of hydrogen-bond donors (Lipinski definition) is 1. The van der Waals surface area contributed by atoms with Crippen LogP contribution >= 0.6 is 0 Å². The maximum Gasteiger partial charge on any atom is 0.262 e. The van der Waals surface area contributed by atoms with Gasteiger partial charge in [0.1, 0.15) is 11.9 Å². The van der Waals surface area contributed by atoms with Crippen molar-refractivity contribution < 1.29 is 23.6 Å². The van der Waals surface area contributed by atoms with Crippen molar-refractivity contribution in [2.24, 2.45) is 5.92 Å². The molecule has 0 radical (unpaired) electrons. The van der Waals surface area contributed by atoms with Gasteiger partial charge in [0.25, 0.3) is 11.8 Å². The van der Waals surface area contributed by atoms with Crippen molar-refractivity contribution in [1.82, 2.24) is 20.0 Å². The molecule has 0 aromatic heterocycles. The van der Waals surface area contributed by atoms with Crippen LogP contribution in [0.25, 0.3) is 0 Å². The molecule has 0 spiro atoms. The number of hydrogen-bond acceptors (Lipinski definition) is 7. The second-order valence-electron chi connectivity index (χ2n) is 10.7. The number of anilines is 1. The van der Waals surface area contributed by atoms with Crippen LogP contribution in [0.4, 0.5) is 10.1 Å². The van der Waals surface area contributed by atoms with Crippen LogP contribution in [0.15, 0.2) is 12.1 Å². The largest absolute Gasteiger partial charge is 0.367 e. The number of nitrogens with zero attached hydrogens (tertiary/aromatic N) is 4. The average Bonchev–Trinajstić information content (AvgIpc) is 3.08. The summed E-state index contributed by atoms with van der Waals surface area (Å²) in [6, 6.07) is 2.10. The fourth-order valence-electron chi connectivity index (χ4n) is 5.91. The number of likely N-dealkylation sites (tertiary alicyclic amines) is 1. The summed E-state index contributed by atoms with van der Waals surface area (Å²) in [5, 5.41) is 2.18. The highest BCUT2D eigenvalue weighted by atomic mass is 19.1. The van der Waals surface area contributed by atoms with Crippen molar-refractivity contribution in [2.75, 3.05) is 50.7 Å². The van der Waals surface area contributed by atoms with Crippen molar-refractivity contribution in [2.45, 2.75) is 51.6 Å². The minimum Gasteiger partial charge on any atom is -0.367 e. The predicted molar refractivity (Wildman–Crippen MR) is 131 cm³/mol. The molecule has 36 heavy (non-hydrogen) atoms. The monoisotopic (exact) mass is 499 g/mol. The Morgan fingerprint density at radius 3 is 2.17 bits per heavy atom. The van der Waals surface area contributed by atoms with Gasteiger partial charge in [0.15, 0.2) is 0 Å². The Balaban J connectivity index is 1.23. The van der Waals surface area contributed by atoms with E-state index >= 15 is 4.39 Å². The number of fused-ring (bicyclic) bond motifs is 1. The Labute approximate surface area is 210 Å². The van der Waals surface area contributed by atoms with Crippen molar-refractivity contribution in [1.29, 1.82) is 0 Å². The van der Waals surface area contributed by atoms with Gasteiger partial charge in [-0.15, -0.1) is 0 Å². The van der Waals surface area contributed by atoms with Gasteiger partial charge in [0.05, 0.1) is 16.8 Å². The summed E-state index contributed by atoms with van der Waals surface area (Å²) < 4.78 is 15.1. The smallest absolute Gasteiger partial charge is 0.262 e. The Kier molecular flexibility index (Phi) is 6.82. The predicted octanol–water partition coefficient (Wildman–Crippen LogP) is 1.47. The van der Waals surface area contributed by atoms with Crippen LogP contribution in [0.2, 0.25) is 0 Å². The number of piperidine rings is 2. The summed E-state index contributed by atoms with van der Waals surface area (Å²) in [5.74, 6) is -2.27. The van der Waals surface area contributed by atoms with Crippen LogP contribution in [0.5, 0.6) is 0 Å². The quantitative estimate of drug-likeness (QED) is 0.614. The molecule has 4 heterocycles. The molecular weight excluding hydrogens is 465 g/mol. The zero-order valence-electron chi connectivity index (χ0n) is 21.0. The summed E-state index contributed by atoms with van der Waals surface area (Å²) >= 11 is 0. The number of piperazine rings is 1. The number of benzene rings is 1. The Morgan fingerprint density at radius 1 is 0.917 bits per heavy atom. The maximum absolute atomic E-state index is 15.1. The van der Waals surface area contributed by atoms with Crippen molar-refractivity contribution >= 4 is 29.3 Å². The second kappa shape index (κ2) is 9.89. The second-order valence-corrected chi connectivity index (χ2v) is 10.7. The molecule has 194 valence electrons. The third-order valence-corrected chi connectivity index (χ3v) is 8.12. The lowest BCUT2D eigenvalue weighted by atomic mass is 9.95. The van der Waals surface area contributed by atoms with Gasteiger partial charge in [-0.3, -0.25) is 34.3 Å². The molecule has 9 nitrogen and oxygen atoms in total. The van der Waals surface area contributed by atoms with Gasteiger partial charge in [-0.05, 0) is 64.3 Å². The van der Waals surface area contributed by atoms with Crippen LogP contribution < -0.4 is 10.2 Å². The third-order valence-electron chi connectivity index (χ3n) is 8.12. The molecule has 5 rings (SSSR count). The molecule has 0 bridgehead atoms. The summed E-state index contributed by atoms with van der Waals surface area (Å²) in [4.78, 5) is 57.5. The van der Waals surface area contributed by atoms with Crippen LogP contribution in [0, 0.1) is 11.7 Å². The molecule has 10 heteroatoms. The zero-order chi connectivity index (χ0) is 25.6. The SMILES string of the molecule is CC(C)N1CCC(CN2CCN(c3cc4c(cc3F)C(=O)N(C3CCC(=O)NC3=O)C4=O)CC2)CC1. The number of carbonyl (C=O) groups is 4. The molecule has 1 unspecified atom stereocenters. The standard InChI is InChI=1S/C26H34FN5O4/c1-16(2)30-7-5-17(6-8-30)15-29-9-11-31(12-10-29)22-14-19-18(13-20(22)27)25(35)32(26(19)36)21-3-4-23(33)28-24(21)34/h13-14,16-17,21H,3-12,15H2,1-2H3,(H,28,33,34). The number of carbonyl (C=O) groups excluding carboxylic acids is 4. The maximum atomic E-state index is 15.1. The summed E-state index contributed by atoms with van der Waals surface area (Å²) in [5.41, 5.74) is 0.391. The van der Waals surface area contributed by atoms with Gasteiger partial charge in [0, 0.05) is 45.2 Å². The highest BCUT2D eigenvalue weighted by Crippen LogP contribution is 2.33. The molecule has 1 N–H and O–H groups in total. The van der Waals surface area contributed by atoms with E-state index in [1.165, 1.54) is 18.9 Å². The molecule has 0 aliphatic carbocycles. The first-order chi connectivity index (χ1) is 17.2. The van der Waals surface area contributed by atoms with E-state index in [4.69, 9.17) is 0 Å². The molecular formula is C26H34FN5O4. The van der Waals surface area contributed by atoms with Crippen LogP contribution in [-0.2, 0) is 9.59 Å². The molecule has 1 aromatic rings. The van der Waals surface area contributed by atoms with E-state index in [1.54, 1.807) is 0 Å². The number of nitrogens with one attached hydrogen (secondary N) is 1. The summed E-state index contributed by atoms with van der Waals surface area (Å²) in [6.07, 6.45) is 2.53. The van der Waals surface area contributed by atoms with E-state index in [0.717, 1.165) is 43.7 Å². The van der Waals surface area contributed by atoms with Crippen molar-refractivity contribution in [3.63, 3.8) is 0 Å². The summed E-state index contributed by atoms with van der Waals surface area (Å²) in [7, 11) is 0. The van der Waals surface area contributed by atoms with Gasteiger partial charge < -0.3 is 9.80 Å². The Morgan fingerprint density at radius 2 is 1.56 bits per heavy atom. The lowest BCUT2D eigenvalue weighted by Crippen LogP contribution is -2.54. The van der Waals surface area contributed by atoms with Gasteiger partial charge in [0.2, 0.25) is 11.8 Å². The van der Waals surface area contributed by atoms with Crippen LogP contribution in [0.3, 0.4) is 0 Å². The topological polar surface area (TPSA) is 93.3 Å². The highest BCUT2D eigenvalue weighted by Gasteiger charge is 2.45. The molecule has 3 fully saturated rings. The zero-order valence-corrected chi connectivity index (χ0v) is 21.0. The molecule has 4 aliphatic heterocycles. The normalized spacial score (nSPS) is 24.6. The van der Waals surface area contributed by atoms with Crippen molar-refractivity contribution in [3.8, 4) is 0 Å². The third kappa shape index (κ3) is 4.64. The summed E-state index contributed by atoms with van der Waals surface area (Å²) in [6.45, 7) is 10.7. The molecule has 3 saturated heterocycles. The van der Waals surface area contributed by atoms with Crippen LogP contribution in [-0.4, -0.2) is 96.2 Å². The lowest BCUT2D eigenvalue weighted by molar-refractivity contribution is -0.136. The van der Waals surface area contributed by atoms with Crippen molar-refractivity contribution in [3.05, 3.63) is 29.1 Å². The Hall–Kier alpha value is -2.85. The van der Waals surface area contributed by atoms with E-state index in [0.29, 0.717) is 30.7 Å². The van der Waals surface area contributed by atoms with Crippen LogP contribution in [0.1, 0.15) is 60.2 Å². The van der Waals surface area contributed by atoms with E-state index in [-0.39, 0.29) is 24.0 Å². The minimum atomic E-state index is -1.06. The first kappa shape index (κ1) is 24.8. The number of halogens is 1. The van der Waals surface area contributed by atoms with Gasteiger partial charge in [-0.2, -0.15) is 0 Å². The first-order valence-corrected chi connectivity index (χ1v) is 13.0. The molecule has 4 amide bonds. The van der Waals surface area contributed by atoms with E-state index in [2.05, 4.69) is 29.0 Å². The van der Waals surface area contributed by atoms with E-state index in [1.807, 2.05) is 4.90 Å². The Bertz CT molecular complexity index is 1080. The number of rotatable bonds is 5. The lowest BCUT2D eigenvalue weighted by Gasteiger charge is -2.40. The average molecular weight is 500 g/mol. The van der Waals surface area contributed by atoms with Gasteiger partial charge in [-0.25, -0.2) is 4.39 Å². The van der Waals surface area contributed by atoms with E-state index < -0.39 is 35.5 Å². The highest BCUT2D eigenvalue weighted by molar-refractivity contribution is 6.23. The fraction of sp³-hybridized carbons (Fsp3) is 0.615. The minimum absolute atomic E-state index is 0.0303. The van der Waals surface area contributed by atoms with E-state index in [9.17, 15) is 19.2 Å². The molecule has 1 atom stereocenters. The molecule has 4 aliphatic rings. The molecule has 1 aromatic carbocycles. The number of imide groups is 2.